The Bertz CT molecular complexity index is 4230. The summed E-state index contributed by atoms with van der Waals surface area (Å²) in [4.78, 5) is 223. The Labute approximate surface area is 710 Å². The van der Waals surface area contributed by atoms with E-state index in [1.54, 1.807) is 74.8 Å². The highest BCUT2D eigenvalue weighted by Gasteiger charge is 2.46. The fraction of sp³-hybridized carbons (Fsp3) is 0.622. The van der Waals surface area contributed by atoms with Gasteiger partial charge in [0.2, 0.25) is 82.7 Å². The first-order valence-electron chi connectivity index (χ1n) is 42.6. The normalized spacial score (nSPS) is 25.5. The molecule has 7 rings (SSSR count). The first kappa shape index (κ1) is 98.2. The number of fused-ring (bicyclic) bond motifs is 4. The first-order valence-corrected chi connectivity index (χ1v) is 42.6. The minimum absolute atomic E-state index is 0.0336. The molecule has 2 aromatic carbocycles. The second kappa shape index (κ2) is 49.3. The fourth-order valence-corrected chi connectivity index (χ4v) is 15.6. The van der Waals surface area contributed by atoms with Crippen LogP contribution >= 0.6 is 0 Å². The second-order valence-electron chi connectivity index (χ2n) is 32.1. The fourth-order valence-electron chi connectivity index (χ4n) is 15.6. The number of carbonyl (C=O) groups is 14. The van der Waals surface area contributed by atoms with Crippen LogP contribution in [0.15, 0.2) is 65.9 Å². The van der Waals surface area contributed by atoms with E-state index >= 15 is 28.8 Å². The minimum Gasteiger partial charge on any atom is -0.391 e. The third kappa shape index (κ3) is 28.3. The smallest absolute Gasteiger partial charge is 0.246 e. The number of aromatic nitrogens is 2. The van der Waals surface area contributed by atoms with Crippen LogP contribution in [0.25, 0.3) is 21.8 Å². The van der Waals surface area contributed by atoms with Crippen molar-refractivity contribution in [1.29, 1.82) is 0 Å². The van der Waals surface area contributed by atoms with E-state index in [1.165, 1.54) is 30.7 Å². The maximum Gasteiger partial charge on any atom is 0.246 e. The van der Waals surface area contributed by atoms with Gasteiger partial charge in [-0.3, -0.25) is 72.1 Å². The van der Waals surface area contributed by atoms with Gasteiger partial charge in [-0.15, -0.1) is 0 Å². The van der Waals surface area contributed by atoms with Gasteiger partial charge >= 0.3 is 0 Å². The number of likely N-dealkylation sites (N-methyl/N-ethyl adjacent to an activating group) is 1. The van der Waals surface area contributed by atoms with Crippen molar-refractivity contribution in [2.45, 2.75) is 253 Å². The standard InChI is InChI=1S/C82H131N25O15/c1-46(2)41-61-73(114)100-60(31-37-88)79(120)105(5)64(27-15-35-86)76(117)98-55(23-10-12-32-83)70(111)95-57(26-16-38-91-82(89)90)72(113)102-62(42-49-44-92-53-21-8-6-19-51(49)53)74(115)96-56(25-14-34-85)71(112)97-58(30-36-87)69(110)94-47(3)68(109)99-59(24-11-13-33-84)80(121)107-40-18-29-66(107)81(122)106-39-17-28-65(106)77(118)104-67(48(4)108)78(119)103-63(75(116)101-61)43-50-45-93-54-22-9-7-20-52(50)54/h6-9,19-22,44-48,55-67,92-93,108H,10-18,23-43,83-88H2,1-5H3,(H,94,110)(H,95,111)(H,96,115)(H,97,112)(H,98,117)(H,99,109)(H,100,114)(H,101,116)(H,102,113)(H,103,119)(H,104,118)(H4,89,90,91)/t47-,48+,55+,56-,57-,58-,59-,60-,61-,62-,63-,64-,65-,66+,67-/m0/s1. The summed E-state index contributed by atoms with van der Waals surface area (Å²) in [6, 6.07) is -5.61. The number of nitrogens with two attached hydrogens (primary N) is 8. The Hall–Kier alpha value is -10.9. The molecule has 674 valence electrons. The van der Waals surface area contributed by atoms with Crippen LogP contribution in [0.5, 0.6) is 0 Å². The Morgan fingerprint density at radius 1 is 0.418 bits per heavy atom. The molecule has 122 heavy (non-hydrogen) atoms. The molecule has 0 unspecified atom stereocenters. The molecule has 40 nitrogen and oxygen atoms in total. The van der Waals surface area contributed by atoms with Gasteiger partial charge in [-0.2, -0.15) is 0 Å². The molecule has 0 bridgehead atoms. The summed E-state index contributed by atoms with van der Waals surface area (Å²) in [6.07, 6.45) is 3.18. The molecule has 3 aliphatic heterocycles. The summed E-state index contributed by atoms with van der Waals surface area (Å²) >= 11 is 0. The van der Waals surface area contributed by atoms with Gasteiger partial charge in [0, 0.05) is 73.7 Å². The number of aromatic amines is 2. The Morgan fingerprint density at radius 3 is 1.34 bits per heavy atom. The summed E-state index contributed by atoms with van der Waals surface area (Å²) in [5.74, 6) is -12.3. The number of aliphatic hydroxyl groups excluding tert-OH is 1. The number of H-pyrrole nitrogens is 2. The molecule has 5 heterocycles. The van der Waals surface area contributed by atoms with E-state index in [4.69, 9.17) is 45.9 Å². The minimum atomic E-state index is -1.76. The van der Waals surface area contributed by atoms with E-state index in [1.807, 2.05) is 0 Å². The SMILES string of the molecule is CC(C)C[C@@H]1NC(=O)[C@H](Cc2c[nH]c3ccccc23)NC(=O)[C@H]([C@@H](C)O)NC(=O)[C@@H]2CCCN2C(=O)[C@H]2CCCN2C(=O)[C@H](CCCCN)NC(=O)[C@H](C)NC(=O)[C@H](CCN)NC(=O)[C@H](CCCN)NC(=O)[C@H](Cc2c[nH]c3ccccc23)NC(=O)[C@H](CCCN=C(N)N)NC(=O)[C@@H](CCCCN)NC(=O)[C@H](CCCN)N(C)C(=O)[C@H](CCN)NC1=O. The number of guanidine groups is 1. The largest absolute Gasteiger partial charge is 0.391 e. The van der Waals surface area contributed by atoms with Crippen molar-refractivity contribution in [1.82, 2.24) is 83.2 Å². The lowest BCUT2D eigenvalue weighted by molar-refractivity contribution is -0.148. The average Bonchev–Trinajstić information content (AvgIpc) is 1.66. The predicted octanol–water partition coefficient (Wildman–Crippen LogP) is -4.48. The van der Waals surface area contributed by atoms with Gasteiger partial charge in [-0.1, -0.05) is 50.2 Å². The van der Waals surface area contributed by atoms with Crippen molar-refractivity contribution in [3.05, 3.63) is 72.1 Å². The maximum absolute atomic E-state index is 15.2. The first-order chi connectivity index (χ1) is 58.4. The summed E-state index contributed by atoms with van der Waals surface area (Å²) in [6.45, 7) is 6.41. The van der Waals surface area contributed by atoms with Crippen LogP contribution in [0.3, 0.4) is 0 Å². The van der Waals surface area contributed by atoms with E-state index in [2.05, 4.69) is 73.4 Å². The molecule has 0 spiro atoms. The summed E-state index contributed by atoms with van der Waals surface area (Å²) < 4.78 is 0. The molecular formula is C82H131N25O15. The molecule has 0 saturated carbocycles. The number of benzene rings is 2. The number of amides is 14. The molecule has 0 radical (unpaired) electrons. The molecule has 15 atom stereocenters. The van der Waals surface area contributed by atoms with Crippen LogP contribution in [0.4, 0.5) is 0 Å². The van der Waals surface area contributed by atoms with Crippen molar-refractivity contribution in [3.63, 3.8) is 0 Å². The number of nitrogens with one attached hydrogen (secondary N) is 13. The molecule has 0 aliphatic carbocycles. The second-order valence-corrected chi connectivity index (χ2v) is 32.1. The lowest BCUT2D eigenvalue weighted by Crippen LogP contribution is -2.62. The van der Waals surface area contributed by atoms with E-state index in [0.29, 0.717) is 65.0 Å². The molecule has 14 amide bonds. The third-order valence-electron chi connectivity index (χ3n) is 22.3. The van der Waals surface area contributed by atoms with E-state index in [9.17, 15) is 43.5 Å². The molecular weight excluding hydrogens is 1580 g/mol. The topological polar surface area (TPSA) is 653 Å². The van der Waals surface area contributed by atoms with Gasteiger partial charge in [0.1, 0.15) is 84.6 Å². The van der Waals surface area contributed by atoms with Gasteiger partial charge in [0.05, 0.1) is 6.10 Å². The molecule has 3 saturated heterocycles. The Morgan fingerprint density at radius 2 is 0.820 bits per heavy atom. The lowest BCUT2D eigenvalue weighted by Gasteiger charge is -2.34. The highest BCUT2D eigenvalue weighted by Crippen LogP contribution is 2.28. The van der Waals surface area contributed by atoms with Gasteiger partial charge in [0.25, 0.3) is 0 Å². The monoisotopic (exact) mass is 1710 g/mol. The number of aliphatic hydroxyl groups is 1. The number of aliphatic imine (C=N–C) groups is 1. The quantitative estimate of drug-likeness (QED) is 0.0138. The van der Waals surface area contributed by atoms with Crippen LogP contribution in [0.1, 0.15) is 161 Å². The number of unbranched alkanes of at least 4 members (excludes halogenated alkanes) is 2. The molecule has 4 aromatic rings. The van der Waals surface area contributed by atoms with Crippen LogP contribution in [-0.2, 0) is 80.0 Å². The summed E-state index contributed by atoms with van der Waals surface area (Å²) in [5.41, 5.74) is 50.0. The molecule has 3 fully saturated rings. The number of nitrogens with zero attached hydrogens (tertiary/aromatic N) is 4. The zero-order valence-corrected chi connectivity index (χ0v) is 70.8. The molecule has 2 aromatic heterocycles. The molecule has 30 N–H and O–H groups in total. The number of rotatable bonds is 29. The molecule has 40 heteroatoms. The Balaban J connectivity index is 1.30. The van der Waals surface area contributed by atoms with E-state index in [-0.39, 0.29) is 174 Å². The van der Waals surface area contributed by atoms with Crippen LogP contribution in [-0.4, -0.2) is 275 Å². The summed E-state index contributed by atoms with van der Waals surface area (Å²) in [5, 5.41) is 42.8. The van der Waals surface area contributed by atoms with Crippen molar-refractivity contribution in [2.24, 2.45) is 56.8 Å². The lowest BCUT2D eigenvalue weighted by atomic mass is 9.99. The van der Waals surface area contributed by atoms with Crippen molar-refractivity contribution < 1.29 is 72.2 Å². The van der Waals surface area contributed by atoms with Crippen molar-refractivity contribution in [2.75, 3.05) is 66.0 Å². The van der Waals surface area contributed by atoms with Crippen LogP contribution < -0.4 is 104 Å². The van der Waals surface area contributed by atoms with Crippen molar-refractivity contribution in [3.8, 4) is 0 Å². The average molecular weight is 1710 g/mol. The molecule has 3 aliphatic rings. The zero-order chi connectivity index (χ0) is 89.3. The van der Waals surface area contributed by atoms with Crippen LogP contribution in [0.2, 0.25) is 0 Å². The summed E-state index contributed by atoms with van der Waals surface area (Å²) in [7, 11) is 1.32. The number of para-hydroxylation sites is 2. The number of carbonyl (C=O) groups excluding carboxylic acids is 14. The predicted molar refractivity (Wildman–Crippen MR) is 458 cm³/mol. The number of hydrogen-bond acceptors (Lipinski definition) is 22. The van der Waals surface area contributed by atoms with Gasteiger partial charge in [0.15, 0.2) is 5.96 Å². The van der Waals surface area contributed by atoms with Gasteiger partial charge in [-0.05, 0) is 204 Å². The Kier molecular flexibility index (Phi) is 39.6. The van der Waals surface area contributed by atoms with Gasteiger partial charge in [-0.25, -0.2) is 0 Å². The zero-order valence-electron chi connectivity index (χ0n) is 70.8. The number of hydrogen-bond donors (Lipinski definition) is 22. The maximum atomic E-state index is 15.2. The van der Waals surface area contributed by atoms with Gasteiger partial charge < -0.3 is 134 Å². The van der Waals surface area contributed by atoms with E-state index < -0.39 is 173 Å². The highest BCUT2D eigenvalue weighted by atomic mass is 16.3. The highest BCUT2D eigenvalue weighted by molar-refractivity contribution is 6.02. The van der Waals surface area contributed by atoms with Crippen molar-refractivity contribution >= 4 is 110 Å². The van der Waals surface area contributed by atoms with E-state index in [0.717, 1.165) is 4.90 Å². The van der Waals surface area contributed by atoms with Crippen LogP contribution in [0, 0.1) is 5.92 Å². The third-order valence-corrected chi connectivity index (χ3v) is 22.3.